The van der Waals surface area contributed by atoms with Crippen LogP contribution < -0.4 is 11.1 Å². The Hall–Kier alpha value is -1.66. The molecule has 6 heteroatoms. The van der Waals surface area contributed by atoms with Gasteiger partial charge in [0.25, 0.3) is 5.91 Å². The van der Waals surface area contributed by atoms with Crippen molar-refractivity contribution in [1.82, 2.24) is 10.3 Å². The number of hydrogen-bond donors (Lipinski definition) is 2. The van der Waals surface area contributed by atoms with Crippen LogP contribution in [0, 0.1) is 0 Å². The summed E-state index contributed by atoms with van der Waals surface area (Å²) >= 11 is 1.61. The van der Waals surface area contributed by atoms with Crippen LogP contribution in [0.4, 0.5) is 0 Å². The summed E-state index contributed by atoms with van der Waals surface area (Å²) in [6, 6.07) is 3.20. The number of aromatic nitrogens is 1. The summed E-state index contributed by atoms with van der Waals surface area (Å²) in [5, 5.41) is 3.76. The number of thiazole rings is 1. The van der Waals surface area contributed by atoms with Gasteiger partial charge in [-0.15, -0.1) is 11.3 Å². The summed E-state index contributed by atoms with van der Waals surface area (Å²) < 4.78 is 5.30. The van der Waals surface area contributed by atoms with Gasteiger partial charge in [-0.3, -0.25) is 4.79 Å². The van der Waals surface area contributed by atoms with Crippen LogP contribution in [0.25, 0.3) is 0 Å². The number of aryl methyl sites for hydroxylation is 1. The maximum atomic E-state index is 12.0. The highest BCUT2D eigenvalue weighted by molar-refractivity contribution is 7.11. The molecule has 1 atom stereocenters. The van der Waals surface area contributed by atoms with E-state index < -0.39 is 0 Å². The Morgan fingerprint density at radius 3 is 2.95 bits per heavy atom. The molecule has 0 saturated heterocycles. The first kappa shape index (κ1) is 13.8. The molecule has 19 heavy (non-hydrogen) atoms. The Balaban J connectivity index is 2.01. The van der Waals surface area contributed by atoms with Crippen molar-refractivity contribution in [2.24, 2.45) is 5.73 Å². The van der Waals surface area contributed by atoms with Gasteiger partial charge in [0.15, 0.2) is 5.76 Å². The molecule has 0 radical (unpaired) electrons. The van der Waals surface area contributed by atoms with E-state index in [9.17, 15) is 4.79 Å². The lowest BCUT2D eigenvalue weighted by atomic mass is 10.3. The lowest BCUT2D eigenvalue weighted by Crippen LogP contribution is -2.26. The van der Waals surface area contributed by atoms with E-state index in [4.69, 9.17) is 10.2 Å². The maximum Gasteiger partial charge on any atom is 0.287 e. The molecule has 2 rings (SSSR count). The molecule has 0 bridgehead atoms. The quantitative estimate of drug-likeness (QED) is 0.879. The van der Waals surface area contributed by atoms with Gasteiger partial charge in [-0.1, -0.05) is 6.92 Å². The second kappa shape index (κ2) is 5.99. The van der Waals surface area contributed by atoms with Crippen molar-refractivity contribution in [2.75, 3.05) is 0 Å². The molecule has 0 saturated carbocycles. The van der Waals surface area contributed by atoms with E-state index in [1.165, 1.54) is 4.88 Å². The maximum absolute atomic E-state index is 12.0. The average molecular weight is 279 g/mol. The highest BCUT2D eigenvalue weighted by atomic mass is 32.1. The van der Waals surface area contributed by atoms with E-state index in [1.54, 1.807) is 23.5 Å². The molecule has 1 amide bonds. The topological polar surface area (TPSA) is 81.2 Å². The van der Waals surface area contributed by atoms with Crippen molar-refractivity contribution in [3.8, 4) is 0 Å². The van der Waals surface area contributed by atoms with Gasteiger partial charge >= 0.3 is 0 Å². The molecule has 1 unspecified atom stereocenters. The van der Waals surface area contributed by atoms with Gasteiger partial charge in [0.05, 0.1) is 12.6 Å². The number of hydrogen-bond acceptors (Lipinski definition) is 5. The van der Waals surface area contributed by atoms with Crippen LogP contribution in [-0.2, 0) is 13.0 Å². The predicted octanol–water partition coefficient (Wildman–Crippen LogP) is 2.25. The Morgan fingerprint density at radius 1 is 1.58 bits per heavy atom. The van der Waals surface area contributed by atoms with Gasteiger partial charge in [-0.25, -0.2) is 4.98 Å². The normalized spacial score (nSPS) is 12.4. The highest BCUT2D eigenvalue weighted by Crippen LogP contribution is 2.20. The van der Waals surface area contributed by atoms with Crippen LogP contribution >= 0.6 is 11.3 Å². The fourth-order valence-corrected chi connectivity index (χ4v) is 2.48. The second-order valence-electron chi connectivity index (χ2n) is 4.18. The Kier molecular flexibility index (Phi) is 4.34. The number of rotatable bonds is 5. The molecule has 0 spiro atoms. The van der Waals surface area contributed by atoms with E-state index >= 15 is 0 Å². The highest BCUT2D eigenvalue weighted by Gasteiger charge is 2.16. The number of carbonyl (C=O) groups excluding carboxylic acids is 1. The number of nitrogens with two attached hydrogens (primary N) is 1. The summed E-state index contributed by atoms with van der Waals surface area (Å²) in [6.07, 6.45) is 2.80. The minimum atomic E-state index is -0.250. The Labute approximate surface area is 115 Å². The molecule has 0 aliphatic rings. The number of carbonyl (C=O) groups is 1. The number of nitrogens with one attached hydrogen (secondary N) is 1. The fraction of sp³-hybridized carbons (Fsp3) is 0.385. The molecule has 5 nitrogen and oxygen atoms in total. The van der Waals surface area contributed by atoms with Gasteiger partial charge in [0, 0.05) is 11.1 Å². The van der Waals surface area contributed by atoms with Crippen LogP contribution in [-0.4, -0.2) is 10.9 Å². The Bertz CT molecular complexity index is 562. The lowest BCUT2D eigenvalue weighted by Gasteiger charge is -2.09. The van der Waals surface area contributed by atoms with E-state index in [-0.39, 0.29) is 24.3 Å². The second-order valence-corrected chi connectivity index (χ2v) is 5.33. The summed E-state index contributed by atoms with van der Waals surface area (Å²) in [5.41, 5.74) is 5.44. The molecule has 2 aromatic heterocycles. The van der Waals surface area contributed by atoms with Crippen LogP contribution in [0.2, 0.25) is 0 Å². The summed E-state index contributed by atoms with van der Waals surface area (Å²) in [4.78, 5) is 17.5. The average Bonchev–Trinajstić information content (AvgIpc) is 3.07. The largest absolute Gasteiger partial charge is 0.455 e. The minimum absolute atomic E-state index is 0.135. The van der Waals surface area contributed by atoms with E-state index in [2.05, 4.69) is 17.2 Å². The Morgan fingerprint density at radius 2 is 2.37 bits per heavy atom. The molecule has 0 aliphatic carbocycles. The molecule has 0 aliphatic heterocycles. The summed E-state index contributed by atoms with van der Waals surface area (Å²) in [6.45, 7) is 4.27. The molecule has 3 N–H and O–H groups in total. The third-order valence-corrected chi connectivity index (χ3v) is 4.05. The van der Waals surface area contributed by atoms with Crippen molar-refractivity contribution in [3.05, 3.63) is 39.7 Å². The number of amides is 1. The van der Waals surface area contributed by atoms with E-state index in [1.807, 2.05) is 13.1 Å². The van der Waals surface area contributed by atoms with Crippen molar-refractivity contribution in [2.45, 2.75) is 32.9 Å². The third-order valence-electron chi connectivity index (χ3n) is 2.72. The van der Waals surface area contributed by atoms with Gasteiger partial charge in [0.2, 0.25) is 0 Å². The predicted molar refractivity (Wildman–Crippen MR) is 74.0 cm³/mol. The van der Waals surface area contributed by atoms with Crippen LogP contribution in [0.5, 0.6) is 0 Å². The van der Waals surface area contributed by atoms with Gasteiger partial charge < -0.3 is 15.5 Å². The van der Waals surface area contributed by atoms with Crippen molar-refractivity contribution < 1.29 is 9.21 Å². The zero-order valence-corrected chi connectivity index (χ0v) is 11.8. The molecular formula is C13H17N3O2S. The van der Waals surface area contributed by atoms with Crippen molar-refractivity contribution >= 4 is 17.2 Å². The first-order chi connectivity index (χ1) is 9.13. The van der Waals surface area contributed by atoms with Crippen LogP contribution in [0.1, 0.15) is 46.1 Å². The zero-order chi connectivity index (χ0) is 13.8. The van der Waals surface area contributed by atoms with Crippen LogP contribution in [0.3, 0.4) is 0 Å². The van der Waals surface area contributed by atoms with Gasteiger partial charge in [0.1, 0.15) is 10.8 Å². The summed E-state index contributed by atoms with van der Waals surface area (Å²) in [7, 11) is 0. The van der Waals surface area contributed by atoms with E-state index in [0.717, 1.165) is 11.4 Å². The zero-order valence-electron chi connectivity index (χ0n) is 11.0. The minimum Gasteiger partial charge on any atom is -0.455 e. The standard InChI is InChI=1S/C13H17N3O2S/c1-3-10-7-15-13(19-10)8(2)16-12(17)11-5-4-9(6-14)18-11/h4-5,7-8H,3,6,14H2,1-2H3,(H,16,17). The summed E-state index contributed by atoms with van der Waals surface area (Å²) in [5.74, 6) is 0.625. The van der Waals surface area contributed by atoms with Gasteiger partial charge in [-0.05, 0) is 25.5 Å². The first-order valence-corrected chi connectivity index (χ1v) is 7.00. The van der Waals surface area contributed by atoms with Gasteiger partial charge in [-0.2, -0.15) is 0 Å². The number of furan rings is 1. The molecule has 102 valence electrons. The monoisotopic (exact) mass is 279 g/mol. The molecular weight excluding hydrogens is 262 g/mol. The lowest BCUT2D eigenvalue weighted by molar-refractivity contribution is 0.0910. The van der Waals surface area contributed by atoms with Crippen molar-refractivity contribution in [3.63, 3.8) is 0 Å². The fourth-order valence-electron chi connectivity index (χ4n) is 1.63. The molecule has 0 fully saturated rings. The van der Waals surface area contributed by atoms with Crippen LogP contribution in [0.15, 0.2) is 22.7 Å². The molecule has 2 heterocycles. The number of nitrogens with zero attached hydrogens (tertiary/aromatic N) is 1. The smallest absolute Gasteiger partial charge is 0.287 e. The SMILES string of the molecule is CCc1cnc(C(C)NC(=O)c2ccc(CN)o2)s1. The third kappa shape index (κ3) is 3.21. The van der Waals surface area contributed by atoms with Crippen molar-refractivity contribution in [1.29, 1.82) is 0 Å². The van der Waals surface area contributed by atoms with E-state index in [0.29, 0.717) is 5.76 Å². The molecule has 2 aromatic rings. The molecule has 0 aromatic carbocycles. The first-order valence-electron chi connectivity index (χ1n) is 6.18.